The highest BCUT2D eigenvalue weighted by atomic mass is 32.1. The summed E-state index contributed by atoms with van der Waals surface area (Å²) in [7, 11) is 0. The molecule has 0 aliphatic carbocycles. The van der Waals surface area contributed by atoms with Crippen LogP contribution in [-0.4, -0.2) is 15.8 Å². The number of hydrazone groups is 1. The molecule has 3 nitrogen and oxygen atoms in total. The summed E-state index contributed by atoms with van der Waals surface area (Å²) < 4.78 is 0. The summed E-state index contributed by atoms with van der Waals surface area (Å²) in [6.45, 7) is 0. The molecule has 0 fully saturated rings. The van der Waals surface area contributed by atoms with E-state index in [9.17, 15) is 0 Å². The van der Waals surface area contributed by atoms with Crippen molar-refractivity contribution in [2.75, 3.05) is 5.32 Å². The standard InChI is InChI=1S/C22H19N3S/c26-22(23-19-14-8-3-9-15-19)25-21(18-12-6-2-7-13-18)16-20(24-25)17-10-4-1-5-11-17/h1-15,21H,16H2,(H,23,26)/t21-/m0/s1. The van der Waals surface area contributed by atoms with E-state index in [1.807, 2.05) is 59.6 Å². The van der Waals surface area contributed by atoms with E-state index < -0.39 is 0 Å². The Bertz CT molecular complexity index is 908. The van der Waals surface area contributed by atoms with Crippen LogP contribution in [0.5, 0.6) is 0 Å². The number of anilines is 1. The van der Waals surface area contributed by atoms with Crippen molar-refractivity contribution in [3.63, 3.8) is 0 Å². The van der Waals surface area contributed by atoms with Crippen LogP contribution >= 0.6 is 12.2 Å². The van der Waals surface area contributed by atoms with Crippen molar-refractivity contribution in [3.8, 4) is 0 Å². The van der Waals surface area contributed by atoms with Crippen LogP contribution < -0.4 is 5.32 Å². The quantitative estimate of drug-likeness (QED) is 0.650. The average Bonchev–Trinajstić information content (AvgIpc) is 3.16. The minimum Gasteiger partial charge on any atom is -0.331 e. The zero-order valence-electron chi connectivity index (χ0n) is 14.2. The van der Waals surface area contributed by atoms with E-state index in [-0.39, 0.29) is 6.04 Å². The topological polar surface area (TPSA) is 27.6 Å². The van der Waals surface area contributed by atoms with Crippen molar-refractivity contribution in [1.29, 1.82) is 0 Å². The molecule has 1 heterocycles. The van der Waals surface area contributed by atoms with Crippen LogP contribution in [0.4, 0.5) is 5.69 Å². The van der Waals surface area contributed by atoms with Gasteiger partial charge < -0.3 is 5.32 Å². The van der Waals surface area contributed by atoms with Crippen molar-refractivity contribution in [2.45, 2.75) is 12.5 Å². The number of benzene rings is 3. The van der Waals surface area contributed by atoms with Crippen molar-refractivity contribution in [2.24, 2.45) is 5.10 Å². The predicted molar refractivity (Wildman–Crippen MR) is 111 cm³/mol. The fourth-order valence-electron chi connectivity index (χ4n) is 3.14. The molecule has 0 radical (unpaired) electrons. The van der Waals surface area contributed by atoms with Gasteiger partial charge in [-0.2, -0.15) is 5.10 Å². The number of hydrogen-bond donors (Lipinski definition) is 1. The minimum absolute atomic E-state index is 0.0927. The van der Waals surface area contributed by atoms with E-state index in [1.165, 1.54) is 5.56 Å². The van der Waals surface area contributed by atoms with Gasteiger partial charge in [0.1, 0.15) is 0 Å². The van der Waals surface area contributed by atoms with Crippen molar-refractivity contribution >= 4 is 28.7 Å². The fourth-order valence-corrected chi connectivity index (χ4v) is 3.43. The van der Waals surface area contributed by atoms with Gasteiger partial charge in [0.15, 0.2) is 5.11 Å². The molecule has 0 aromatic heterocycles. The summed E-state index contributed by atoms with van der Waals surface area (Å²) in [4.78, 5) is 0. The lowest BCUT2D eigenvalue weighted by Crippen LogP contribution is -2.31. The first kappa shape index (κ1) is 16.5. The van der Waals surface area contributed by atoms with Crippen LogP contribution in [0.3, 0.4) is 0 Å². The number of nitrogens with one attached hydrogen (secondary N) is 1. The number of para-hydroxylation sites is 1. The summed E-state index contributed by atoms with van der Waals surface area (Å²) in [5.74, 6) is 0. The lowest BCUT2D eigenvalue weighted by atomic mass is 9.99. The van der Waals surface area contributed by atoms with E-state index in [1.54, 1.807) is 0 Å². The molecular formula is C22H19N3S. The molecule has 0 bridgehead atoms. The van der Waals surface area contributed by atoms with Crippen molar-refractivity contribution in [3.05, 3.63) is 102 Å². The highest BCUT2D eigenvalue weighted by Crippen LogP contribution is 2.33. The zero-order chi connectivity index (χ0) is 17.8. The third-order valence-electron chi connectivity index (χ3n) is 4.43. The molecule has 1 N–H and O–H groups in total. The number of rotatable bonds is 3. The maximum Gasteiger partial charge on any atom is 0.194 e. The van der Waals surface area contributed by atoms with E-state index in [2.05, 4.69) is 41.7 Å². The van der Waals surface area contributed by atoms with Gasteiger partial charge in [0.2, 0.25) is 0 Å². The average molecular weight is 357 g/mol. The van der Waals surface area contributed by atoms with Crippen LogP contribution in [0, 0.1) is 0 Å². The predicted octanol–water partition coefficient (Wildman–Crippen LogP) is 5.23. The molecule has 1 aliphatic rings. The third-order valence-corrected chi connectivity index (χ3v) is 4.72. The molecule has 0 unspecified atom stereocenters. The Morgan fingerprint density at radius 3 is 2.08 bits per heavy atom. The van der Waals surface area contributed by atoms with Gasteiger partial charge in [0, 0.05) is 12.1 Å². The monoisotopic (exact) mass is 357 g/mol. The second-order valence-corrected chi connectivity index (χ2v) is 6.57. The number of nitrogens with zero attached hydrogens (tertiary/aromatic N) is 2. The van der Waals surface area contributed by atoms with Crippen LogP contribution in [0.1, 0.15) is 23.6 Å². The SMILES string of the molecule is S=C(Nc1ccccc1)N1N=C(c2ccccc2)C[C@H]1c1ccccc1. The van der Waals surface area contributed by atoms with E-state index in [0.29, 0.717) is 5.11 Å². The summed E-state index contributed by atoms with van der Waals surface area (Å²) in [6.07, 6.45) is 0.824. The molecule has 1 aliphatic heterocycles. The second kappa shape index (κ2) is 7.50. The number of hydrogen-bond acceptors (Lipinski definition) is 2. The Morgan fingerprint density at radius 2 is 1.42 bits per heavy atom. The minimum atomic E-state index is 0.0927. The smallest absolute Gasteiger partial charge is 0.194 e. The van der Waals surface area contributed by atoms with Crippen LogP contribution in [0.2, 0.25) is 0 Å². The molecule has 4 heteroatoms. The number of thiocarbonyl (C=S) groups is 1. The molecule has 3 aromatic carbocycles. The first-order valence-corrected chi connectivity index (χ1v) is 9.05. The van der Waals surface area contributed by atoms with Gasteiger partial charge in [0.05, 0.1) is 11.8 Å². The maximum atomic E-state index is 5.68. The van der Waals surface area contributed by atoms with Gasteiger partial charge in [-0.25, -0.2) is 5.01 Å². The first-order valence-electron chi connectivity index (χ1n) is 8.64. The third kappa shape index (κ3) is 3.51. The molecule has 0 amide bonds. The molecular weight excluding hydrogens is 338 g/mol. The van der Waals surface area contributed by atoms with Gasteiger partial charge in [-0.05, 0) is 35.5 Å². The van der Waals surface area contributed by atoms with Gasteiger partial charge in [-0.1, -0.05) is 78.9 Å². The maximum absolute atomic E-state index is 5.68. The molecule has 0 saturated carbocycles. The second-order valence-electron chi connectivity index (χ2n) is 6.18. The molecule has 128 valence electrons. The van der Waals surface area contributed by atoms with E-state index in [4.69, 9.17) is 17.3 Å². The summed E-state index contributed by atoms with van der Waals surface area (Å²) in [5, 5.41) is 10.7. The van der Waals surface area contributed by atoms with Crippen LogP contribution in [0.15, 0.2) is 96.1 Å². The molecule has 4 rings (SSSR count). The van der Waals surface area contributed by atoms with Crippen molar-refractivity contribution in [1.82, 2.24) is 5.01 Å². The molecule has 0 spiro atoms. The zero-order valence-corrected chi connectivity index (χ0v) is 15.1. The summed E-state index contributed by atoms with van der Waals surface area (Å²) in [6, 6.07) is 30.8. The Kier molecular flexibility index (Phi) is 4.75. The van der Waals surface area contributed by atoms with E-state index >= 15 is 0 Å². The largest absolute Gasteiger partial charge is 0.331 e. The molecule has 26 heavy (non-hydrogen) atoms. The van der Waals surface area contributed by atoms with E-state index in [0.717, 1.165) is 23.4 Å². The summed E-state index contributed by atoms with van der Waals surface area (Å²) in [5.41, 5.74) is 4.36. The van der Waals surface area contributed by atoms with Gasteiger partial charge >= 0.3 is 0 Å². The highest BCUT2D eigenvalue weighted by molar-refractivity contribution is 7.80. The molecule has 0 saturated heterocycles. The fraction of sp³-hybridized carbons (Fsp3) is 0.0909. The first-order chi connectivity index (χ1) is 12.8. The van der Waals surface area contributed by atoms with Crippen LogP contribution in [0.25, 0.3) is 0 Å². The Balaban J connectivity index is 1.65. The Hall–Kier alpha value is -2.98. The summed E-state index contributed by atoms with van der Waals surface area (Å²) >= 11 is 5.68. The normalized spacial score (nSPS) is 16.2. The van der Waals surface area contributed by atoms with Gasteiger partial charge in [-0.15, -0.1) is 0 Å². The molecule has 1 atom stereocenters. The van der Waals surface area contributed by atoms with Crippen LogP contribution in [-0.2, 0) is 0 Å². The molecule has 3 aromatic rings. The van der Waals surface area contributed by atoms with Gasteiger partial charge in [0.25, 0.3) is 0 Å². The van der Waals surface area contributed by atoms with Gasteiger partial charge in [-0.3, -0.25) is 0 Å². The lowest BCUT2D eigenvalue weighted by Gasteiger charge is -2.24. The van der Waals surface area contributed by atoms with Crippen molar-refractivity contribution < 1.29 is 0 Å². The lowest BCUT2D eigenvalue weighted by molar-refractivity contribution is 0.375. The Labute approximate surface area is 159 Å². The Morgan fingerprint density at radius 1 is 0.846 bits per heavy atom. The highest BCUT2D eigenvalue weighted by Gasteiger charge is 2.31.